The average Bonchev–Trinajstić information content (AvgIpc) is 3.70. The van der Waals surface area contributed by atoms with Gasteiger partial charge in [0.1, 0.15) is 0 Å². The molecule has 7 N–H and O–H groups in total. The monoisotopic (exact) mass is 698 g/mol. The number of aryl methyl sites for hydroxylation is 3. The molecule has 5 heterocycles. The van der Waals surface area contributed by atoms with Gasteiger partial charge in [-0.25, -0.2) is 9.97 Å². The van der Waals surface area contributed by atoms with Crippen LogP contribution in [0.25, 0.3) is 44.4 Å². The van der Waals surface area contributed by atoms with Crippen LogP contribution in [0.4, 0.5) is 0 Å². The molecule has 0 spiro atoms. The molecule has 0 aliphatic carbocycles. The van der Waals surface area contributed by atoms with E-state index < -0.39 is 36.3 Å². The maximum atomic E-state index is 12.1. The molecule has 0 radical (unpaired) electrons. The number of hydrogen-bond acceptors (Lipinski definition) is 7. The van der Waals surface area contributed by atoms with Crippen molar-refractivity contribution in [3.63, 3.8) is 0 Å². The Kier molecular flexibility index (Phi) is 10.5. The van der Waals surface area contributed by atoms with Gasteiger partial charge in [-0.1, -0.05) is 0 Å². The summed E-state index contributed by atoms with van der Waals surface area (Å²) in [6.07, 6.45) is -0.718. The number of H-pyrrole nitrogens is 2. The van der Waals surface area contributed by atoms with E-state index in [-0.39, 0.29) is 51.4 Å². The molecule has 2 aliphatic heterocycles. The number of aromatic nitrogens is 4. The summed E-state index contributed by atoms with van der Waals surface area (Å²) in [5, 5.41) is 48.1. The van der Waals surface area contributed by atoms with Gasteiger partial charge < -0.3 is 35.5 Å². The normalized spacial score (nSPS) is 12.8. The zero-order valence-electron chi connectivity index (χ0n) is 28.3. The molecule has 5 rings (SSSR count). The van der Waals surface area contributed by atoms with Crippen LogP contribution in [0.1, 0.15) is 97.4 Å². The number of rotatable bonds is 14. The first-order chi connectivity index (χ1) is 24.1. The first-order valence-corrected chi connectivity index (χ1v) is 16.4. The minimum absolute atomic E-state index is 0.0122. The second kappa shape index (κ2) is 14.8. The lowest BCUT2D eigenvalue weighted by Gasteiger charge is -2.04. The second-order valence-corrected chi connectivity index (χ2v) is 12.7. The highest BCUT2D eigenvalue weighted by molar-refractivity contribution is 5.96. The van der Waals surface area contributed by atoms with E-state index in [0.717, 1.165) is 5.56 Å². The van der Waals surface area contributed by atoms with Crippen LogP contribution in [0.2, 0.25) is 0 Å². The van der Waals surface area contributed by atoms with E-state index in [1.807, 2.05) is 13.8 Å². The molecule has 0 saturated carbocycles. The van der Waals surface area contributed by atoms with Crippen molar-refractivity contribution in [2.45, 2.75) is 78.6 Å². The topological polar surface area (TPSA) is 244 Å². The summed E-state index contributed by atoms with van der Waals surface area (Å²) in [7, 11) is 0. The van der Waals surface area contributed by atoms with Crippen molar-refractivity contribution in [2.24, 2.45) is 0 Å². The summed E-state index contributed by atoms with van der Waals surface area (Å²) in [5.74, 6) is -5.19. The van der Waals surface area contributed by atoms with E-state index in [4.69, 9.17) is 9.97 Å². The molecule has 0 fully saturated rings. The van der Waals surface area contributed by atoms with Gasteiger partial charge in [0.05, 0.1) is 29.2 Å². The molecule has 3 aromatic heterocycles. The molecule has 0 aromatic carbocycles. The fourth-order valence-corrected chi connectivity index (χ4v) is 6.66. The molecule has 14 heteroatoms. The third-order valence-electron chi connectivity index (χ3n) is 9.32. The number of aromatic amines is 2. The molecule has 14 nitrogen and oxygen atoms in total. The minimum Gasteiger partial charge on any atom is -0.481 e. The number of nitrogens with one attached hydrogen (secondary N) is 2. The Labute approximate surface area is 291 Å². The summed E-state index contributed by atoms with van der Waals surface area (Å²) < 4.78 is 0. The maximum absolute atomic E-state index is 12.1. The fraction of sp³-hybridized carbons (Fsp3) is 0.324. The lowest BCUT2D eigenvalue weighted by molar-refractivity contribution is -0.138. The number of carboxylic acids is 5. The Morgan fingerprint density at radius 2 is 0.863 bits per heavy atom. The Morgan fingerprint density at radius 1 is 0.490 bits per heavy atom. The van der Waals surface area contributed by atoms with E-state index in [1.54, 1.807) is 31.2 Å². The predicted molar refractivity (Wildman–Crippen MR) is 188 cm³/mol. The number of allylic oxidation sites excluding steroid dienone is 4. The lowest BCUT2D eigenvalue weighted by Crippen LogP contribution is -2.04. The molecule has 51 heavy (non-hydrogen) atoms. The lowest BCUT2D eigenvalue weighted by atomic mass is 9.99. The number of fused-ring (bicyclic) bond motifs is 8. The summed E-state index contributed by atoms with van der Waals surface area (Å²) in [4.78, 5) is 75.2. The van der Waals surface area contributed by atoms with E-state index in [1.165, 1.54) is 0 Å². The van der Waals surface area contributed by atoms with Crippen LogP contribution in [-0.4, -0.2) is 75.3 Å². The van der Waals surface area contributed by atoms with E-state index >= 15 is 0 Å². The van der Waals surface area contributed by atoms with E-state index in [0.29, 0.717) is 83.8 Å². The molecule has 266 valence electrons. The molecule has 3 aromatic rings. The number of carboxylic acid groups (broad SMARTS) is 5. The third-order valence-corrected chi connectivity index (χ3v) is 9.32. The van der Waals surface area contributed by atoms with Crippen LogP contribution in [0.5, 0.6) is 0 Å². The molecular formula is C37H38N4O10. The van der Waals surface area contributed by atoms with Crippen molar-refractivity contribution in [2.75, 3.05) is 0 Å². The Morgan fingerprint density at radius 3 is 1.33 bits per heavy atom. The van der Waals surface area contributed by atoms with Crippen LogP contribution in [0.15, 0.2) is 24.3 Å². The van der Waals surface area contributed by atoms with Gasteiger partial charge in [-0.05, 0) is 115 Å². The van der Waals surface area contributed by atoms with Crippen LogP contribution >= 0.6 is 0 Å². The molecule has 0 saturated heterocycles. The highest BCUT2D eigenvalue weighted by Crippen LogP contribution is 2.37. The second-order valence-electron chi connectivity index (χ2n) is 12.7. The first kappa shape index (κ1) is 36.2. The quantitative estimate of drug-likeness (QED) is 0.104. The summed E-state index contributed by atoms with van der Waals surface area (Å²) in [6, 6.07) is 6.90. The summed E-state index contributed by atoms with van der Waals surface area (Å²) in [5.41, 5.74) is 8.86. The van der Waals surface area contributed by atoms with Crippen molar-refractivity contribution in [1.29, 1.82) is 0 Å². The molecule has 0 amide bonds. The van der Waals surface area contributed by atoms with E-state index in [2.05, 4.69) is 9.97 Å². The first-order valence-electron chi connectivity index (χ1n) is 16.4. The highest BCUT2D eigenvalue weighted by atomic mass is 16.4. The van der Waals surface area contributed by atoms with Gasteiger partial charge in [-0.3, -0.25) is 24.0 Å². The van der Waals surface area contributed by atoms with Crippen molar-refractivity contribution >= 4 is 74.2 Å². The average molecular weight is 699 g/mol. The van der Waals surface area contributed by atoms with Crippen molar-refractivity contribution in [1.82, 2.24) is 19.9 Å². The van der Waals surface area contributed by atoms with Crippen molar-refractivity contribution in [3.8, 4) is 0 Å². The molecule has 8 bridgehead atoms. The smallest absolute Gasteiger partial charge is 0.307 e. The minimum atomic E-state index is -1.14. The van der Waals surface area contributed by atoms with Gasteiger partial charge in [-0.15, -0.1) is 0 Å². The van der Waals surface area contributed by atoms with Gasteiger partial charge in [0.2, 0.25) is 0 Å². The zero-order valence-corrected chi connectivity index (χ0v) is 28.3. The van der Waals surface area contributed by atoms with Gasteiger partial charge in [0.25, 0.3) is 0 Å². The largest absolute Gasteiger partial charge is 0.481 e. The number of hydrogen-bond donors (Lipinski definition) is 7. The molecule has 2 aliphatic rings. The van der Waals surface area contributed by atoms with Crippen LogP contribution in [0.3, 0.4) is 0 Å². The zero-order chi connectivity index (χ0) is 37.1. The van der Waals surface area contributed by atoms with Crippen LogP contribution < -0.4 is 0 Å². The Hall–Kier alpha value is -6.05. The van der Waals surface area contributed by atoms with Crippen molar-refractivity contribution < 1.29 is 49.5 Å². The van der Waals surface area contributed by atoms with Crippen molar-refractivity contribution in [3.05, 3.63) is 69.3 Å². The summed E-state index contributed by atoms with van der Waals surface area (Å²) in [6.45, 7) is 5.45. The Bertz CT molecular complexity index is 2220. The molecule has 0 unspecified atom stereocenters. The summed E-state index contributed by atoms with van der Waals surface area (Å²) >= 11 is 0. The number of aliphatic carboxylic acids is 5. The molecular weight excluding hydrogens is 660 g/mol. The van der Waals surface area contributed by atoms with Gasteiger partial charge in [0, 0.05) is 47.8 Å². The third kappa shape index (κ3) is 8.06. The van der Waals surface area contributed by atoms with Gasteiger partial charge in [-0.2, -0.15) is 0 Å². The SMILES string of the molecule is CC1=C(CCC(=O)O)c2cc3[nH]c(cc4nc(cc5[nH]c(cc1n2)c(CCC(=O)O)c5CC(=O)O)C(C)=C4CCC(=O)O)c(CCC(=O)O)c3C. The molecule has 0 atom stereocenters. The van der Waals surface area contributed by atoms with Crippen LogP contribution in [-0.2, 0) is 43.2 Å². The van der Waals surface area contributed by atoms with Gasteiger partial charge >= 0.3 is 29.8 Å². The van der Waals surface area contributed by atoms with Gasteiger partial charge in [0.15, 0.2) is 0 Å². The predicted octanol–water partition coefficient (Wildman–Crippen LogP) is 5.88. The number of nitrogens with zero attached hydrogens (tertiary/aromatic N) is 2. The number of carbonyl (C=O) groups is 5. The highest BCUT2D eigenvalue weighted by Gasteiger charge is 2.23. The Balaban J connectivity index is 1.96. The van der Waals surface area contributed by atoms with E-state index in [9.17, 15) is 49.5 Å². The standard InChI is InChI=1S/C37H38N4O10/c1-17-20(4-8-33(42)43)28-13-25-18(2)21(5-9-34(44)45)29(39-25)16-30-22(6-10-35(46)47)19(3)27(40-30)15-32-24(12-37(50)51)23(7-11-36(48)49)31(41-32)14-26(17)38-28/h13-16,39,41H,4-12H2,1-3H3,(H,42,43)(H,44,45)(H,46,47)(H,48,49)(H,50,51). The fourth-order valence-electron chi connectivity index (χ4n) is 6.66. The van der Waals surface area contributed by atoms with Crippen LogP contribution in [0, 0.1) is 6.92 Å². The maximum Gasteiger partial charge on any atom is 0.307 e.